The number of hydrogen-bond donors (Lipinski definition) is 6. The molecule has 5 heterocycles. The molecule has 6 N–H and O–H groups in total. The number of epoxide rings is 1. The molecule has 2 aromatic heterocycles. The van der Waals surface area contributed by atoms with Crippen LogP contribution in [0.4, 0.5) is 0 Å². The second-order valence-corrected chi connectivity index (χ2v) is 28.8. The second-order valence-electron chi connectivity index (χ2n) is 28.8. The molecule has 0 radical (unpaired) electrons. The number of carbonyl (C=O) groups excluding carboxylic acids is 2. The number of fused-ring (bicyclic) bond motifs is 4. The van der Waals surface area contributed by atoms with Crippen LogP contribution in [0.5, 0.6) is 0 Å². The highest BCUT2D eigenvalue weighted by Crippen LogP contribution is 2.81. The van der Waals surface area contributed by atoms with Crippen LogP contribution in [0.3, 0.4) is 0 Å². The molecule has 77 heavy (non-hydrogen) atoms. The van der Waals surface area contributed by atoms with Crippen molar-refractivity contribution in [2.24, 2.45) is 56.2 Å². The summed E-state index contributed by atoms with van der Waals surface area (Å²) in [6, 6.07) is 6.99. The highest BCUT2D eigenvalue weighted by Gasteiger charge is 2.79. The van der Waals surface area contributed by atoms with Crippen LogP contribution >= 0.6 is 0 Å². The van der Waals surface area contributed by atoms with Gasteiger partial charge in [-0.25, -0.2) is 0 Å². The summed E-state index contributed by atoms with van der Waals surface area (Å²) in [7, 11) is 1.96. The number of Topliss-reactive ketones (excluding diaryl/α,β-unsaturated/α-hetero) is 2. The fraction of sp³-hybridized carbons (Fsp3) is 0.727. The van der Waals surface area contributed by atoms with Crippen LogP contribution in [0, 0.1) is 68.0 Å². The van der Waals surface area contributed by atoms with E-state index in [1.54, 1.807) is 0 Å². The van der Waals surface area contributed by atoms with Gasteiger partial charge in [0.1, 0.15) is 11.9 Å². The molecule has 11 heteroatoms. The van der Waals surface area contributed by atoms with E-state index in [2.05, 4.69) is 85.0 Å². The van der Waals surface area contributed by atoms with Crippen LogP contribution in [-0.4, -0.2) is 98.4 Å². The Morgan fingerprint density at radius 3 is 2.40 bits per heavy atom. The van der Waals surface area contributed by atoms with Gasteiger partial charge in [-0.2, -0.15) is 0 Å². The first-order chi connectivity index (χ1) is 36.7. The Morgan fingerprint density at radius 1 is 0.922 bits per heavy atom. The molecule has 416 valence electrons. The lowest BCUT2D eigenvalue weighted by Gasteiger charge is -2.74. The number of H-pyrrole nitrogens is 1. The molecular weight excluding hydrogens is 963 g/mol. The quantitative estimate of drug-likeness (QED) is 0.0855. The zero-order valence-electron chi connectivity index (χ0n) is 47.4. The van der Waals surface area contributed by atoms with Crippen molar-refractivity contribution in [1.29, 1.82) is 0 Å². The van der Waals surface area contributed by atoms with Crippen molar-refractivity contribution in [2.45, 2.75) is 218 Å². The van der Waals surface area contributed by atoms with E-state index in [0.717, 1.165) is 71.0 Å². The van der Waals surface area contributed by atoms with Crippen molar-refractivity contribution in [3.63, 3.8) is 0 Å². The monoisotopic (exact) mass is 1050 g/mol. The van der Waals surface area contributed by atoms with Gasteiger partial charge in [-0.05, 0) is 165 Å². The lowest BCUT2D eigenvalue weighted by molar-refractivity contribution is -0.266. The summed E-state index contributed by atoms with van der Waals surface area (Å²) < 4.78 is 14.4. The third-order valence-electron chi connectivity index (χ3n) is 24.7. The molecule has 2 saturated heterocycles. The number of benzene rings is 1. The van der Waals surface area contributed by atoms with Crippen molar-refractivity contribution < 1.29 is 39.5 Å². The summed E-state index contributed by atoms with van der Waals surface area (Å²) in [4.78, 5) is 35.0. The Bertz CT molecular complexity index is 2980. The first-order valence-electron chi connectivity index (χ1n) is 30.4. The number of aromatic nitrogens is 2. The molecule has 13 rings (SSSR count). The molecule has 11 nitrogen and oxygen atoms in total. The van der Waals surface area contributed by atoms with Gasteiger partial charge in [-0.3, -0.25) is 9.59 Å². The van der Waals surface area contributed by atoms with E-state index in [4.69, 9.17) is 9.47 Å². The molecule has 10 aliphatic rings. The number of aliphatic hydroxyl groups excluding tert-OH is 3. The third kappa shape index (κ3) is 7.59. The van der Waals surface area contributed by atoms with Gasteiger partial charge in [0.2, 0.25) is 0 Å². The normalized spacial score (nSPS) is 41.4. The van der Waals surface area contributed by atoms with Crippen LogP contribution in [0.15, 0.2) is 41.7 Å². The number of aromatic amines is 1. The maximum Gasteiger partial charge on any atom is 0.160 e. The molecule has 14 atom stereocenters. The average molecular weight is 1050 g/mol. The number of nitrogens with zero attached hydrogens (tertiary/aromatic N) is 1. The average Bonchev–Trinajstić information content (AvgIpc) is 3.98. The standard InChI is InChI=1S/C66H89N3O8/c1-59(2)58(77-59)49(72)33-61(4)44-15-11-12-18-65-20-17-50-60(3,21-24-67-7)51(73)35-64(19-16-46(70)32-64)63(50,6)57(65)56(74)47(52-53(61)48(71)34-62(52,65)5)38-69-37-43(54-55(69)42(31-44)36-68-54)28-39-27-41(40-13-9-8-10-14-40)30-45(29-39)66(75)22-25-76-26-23-66/h27,29-30,36-37,40,44,46-47,49-50,56-58,67-68,70,72,74-75H,8-10,13-26,28,31-35,38H2,1-7H3/t44-,46-,47-,49-,50+,56-,57-,58-,60+,61-,62+,63-,64-,65+/m1/s1. The maximum absolute atomic E-state index is 16.1. The largest absolute Gasteiger partial charge is 0.393 e. The molecule has 2 spiro atoms. The smallest absolute Gasteiger partial charge is 0.160 e. The van der Waals surface area contributed by atoms with Crippen molar-refractivity contribution >= 4 is 22.6 Å². The number of allylic oxidation sites excluding steroid dienone is 1. The van der Waals surface area contributed by atoms with Crippen LogP contribution < -0.4 is 5.32 Å². The molecule has 3 aliphatic heterocycles. The summed E-state index contributed by atoms with van der Waals surface area (Å²) in [5, 5.41) is 54.4. The molecule has 1 aromatic carbocycles. The topological polar surface area (TPSA) is 170 Å². The van der Waals surface area contributed by atoms with Gasteiger partial charge in [0.25, 0.3) is 0 Å². The Balaban J connectivity index is 1.02. The number of aliphatic hydroxyl groups is 4. The summed E-state index contributed by atoms with van der Waals surface area (Å²) in [5.41, 5.74) is 4.69. The number of ether oxygens (including phenoxy) is 2. The van der Waals surface area contributed by atoms with Crippen LogP contribution in [0.25, 0.3) is 11.0 Å². The highest BCUT2D eigenvalue weighted by molar-refractivity contribution is 6.02. The molecule has 5 saturated carbocycles. The van der Waals surface area contributed by atoms with E-state index in [1.807, 2.05) is 20.9 Å². The van der Waals surface area contributed by atoms with E-state index >= 15 is 9.59 Å². The van der Waals surface area contributed by atoms with Gasteiger partial charge >= 0.3 is 0 Å². The highest BCUT2D eigenvalue weighted by atomic mass is 16.6. The number of nitrogens with one attached hydrogen (secondary N) is 2. The van der Waals surface area contributed by atoms with Gasteiger partial charge in [0.05, 0.1) is 40.5 Å². The lowest BCUT2D eigenvalue weighted by atomic mass is 9.29. The van der Waals surface area contributed by atoms with Gasteiger partial charge in [0.15, 0.2) is 5.78 Å². The molecule has 7 fully saturated rings. The number of ketones is 2. The Hall–Kier alpha value is -3.60. The van der Waals surface area contributed by atoms with Crippen molar-refractivity contribution in [3.05, 3.63) is 69.6 Å². The summed E-state index contributed by atoms with van der Waals surface area (Å²) >= 11 is 0. The number of rotatable bonds is 10. The van der Waals surface area contributed by atoms with E-state index in [9.17, 15) is 20.4 Å². The predicted octanol–water partition coefficient (Wildman–Crippen LogP) is 9.92. The minimum absolute atomic E-state index is 0.0462. The third-order valence-corrected chi connectivity index (χ3v) is 24.7. The van der Waals surface area contributed by atoms with E-state index < -0.39 is 67.9 Å². The Labute approximate surface area is 457 Å². The van der Waals surface area contributed by atoms with E-state index in [-0.39, 0.29) is 29.6 Å². The van der Waals surface area contributed by atoms with Crippen molar-refractivity contribution in [3.8, 4) is 11.8 Å². The minimum atomic E-state index is -0.944. The molecule has 7 aliphatic carbocycles. The van der Waals surface area contributed by atoms with Crippen molar-refractivity contribution in [2.75, 3.05) is 26.8 Å². The molecule has 3 aromatic rings. The van der Waals surface area contributed by atoms with Gasteiger partial charge in [-0.15, -0.1) is 11.8 Å². The zero-order chi connectivity index (χ0) is 53.9. The maximum atomic E-state index is 16.1. The van der Waals surface area contributed by atoms with Crippen LogP contribution in [0.1, 0.15) is 191 Å². The summed E-state index contributed by atoms with van der Waals surface area (Å²) in [6.45, 7) is 15.6. The van der Waals surface area contributed by atoms with Crippen molar-refractivity contribution in [1.82, 2.24) is 14.9 Å². The SMILES string of the molecule is CNCC[C@]1(C)C(=O)C[C@]2(CC[C@@H](O)C2)[C@]2(C)[C@H]1CC[C@]13CC#CC[C@@H]4Cc5c[nH]c6c(Cc7cc(C8CCCCC8)cc(C8(O)CCOCC8)c7)cn(c56)C[C@H](C5=C(C(=O)C[C@@]51C)[C@]4(C)C[C@@H](O)[C@H]1OC1(C)C)[C@@H](O)[C@@H]32. The Kier molecular flexibility index (Phi) is 12.5. The first kappa shape index (κ1) is 52.8. The minimum Gasteiger partial charge on any atom is -0.393 e. The van der Waals surface area contributed by atoms with Crippen LogP contribution in [-0.2, 0) is 44.1 Å². The van der Waals surface area contributed by atoms with Crippen LogP contribution in [0.2, 0.25) is 0 Å². The van der Waals surface area contributed by atoms with Gasteiger partial charge in [-0.1, -0.05) is 65.2 Å². The van der Waals surface area contributed by atoms with E-state index in [0.29, 0.717) is 115 Å². The molecular formula is C66H89N3O8. The zero-order valence-corrected chi connectivity index (χ0v) is 47.4. The summed E-state index contributed by atoms with van der Waals surface area (Å²) in [5.74, 6) is 7.59. The fourth-order valence-electron chi connectivity index (χ4n) is 20.6. The number of hydrogen-bond acceptors (Lipinski definition) is 9. The fourth-order valence-corrected chi connectivity index (χ4v) is 20.6. The van der Waals surface area contributed by atoms with Gasteiger partial charge in [0, 0.05) is 105 Å². The lowest BCUT2D eigenvalue weighted by Crippen LogP contribution is -2.73. The summed E-state index contributed by atoms with van der Waals surface area (Å²) in [6.07, 6.45) is 16.7. The first-order valence-corrected chi connectivity index (χ1v) is 30.4. The second kappa shape index (κ2) is 18.2. The molecule has 0 unspecified atom stereocenters. The molecule has 5 bridgehead atoms. The predicted molar refractivity (Wildman–Crippen MR) is 297 cm³/mol. The Morgan fingerprint density at radius 2 is 1.69 bits per heavy atom. The van der Waals surface area contributed by atoms with E-state index in [1.165, 1.54) is 30.4 Å². The number of carbonyl (C=O) groups is 2. The molecule has 0 amide bonds. The van der Waals surface area contributed by atoms with Gasteiger partial charge < -0.3 is 44.8 Å².